The molecule has 0 aromatic heterocycles. The van der Waals surface area contributed by atoms with E-state index in [1.807, 2.05) is 11.8 Å². The van der Waals surface area contributed by atoms with E-state index in [2.05, 4.69) is 19.2 Å². The standard InChI is InChI=1S/C16H28N2O3/c1-4-21-10-9-18-14(19)13(11-12(2)3)17-15(20)16(18)7-5-6-8-16/h12-13H,4-11H2,1-3H3,(H,17,20). The van der Waals surface area contributed by atoms with Crippen molar-refractivity contribution in [3.05, 3.63) is 0 Å². The predicted molar refractivity (Wildman–Crippen MR) is 80.8 cm³/mol. The summed E-state index contributed by atoms with van der Waals surface area (Å²) in [5.41, 5.74) is -0.609. The number of piperazine rings is 1. The van der Waals surface area contributed by atoms with Gasteiger partial charge in [0.05, 0.1) is 6.61 Å². The van der Waals surface area contributed by atoms with E-state index >= 15 is 0 Å². The molecule has 1 N–H and O–H groups in total. The van der Waals surface area contributed by atoms with E-state index in [4.69, 9.17) is 4.74 Å². The van der Waals surface area contributed by atoms with Gasteiger partial charge in [0.15, 0.2) is 0 Å². The first-order valence-corrected chi connectivity index (χ1v) is 8.21. The summed E-state index contributed by atoms with van der Waals surface area (Å²) < 4.78 is 5.41. The van der Waals surface area contributed by atoms with Gasteiger partial charge in [0.1, 0.15) is 11.6 Å². The lowest BCUT2D eigenvalue weighted by atomic mass is 9.87. The zero-order valence-electron chi connectivity index (χ0n) is 13.5. The third kappa shape index (κ3) is 3.23. The molecule has 120 valence electrons. The summed E-state index contributed by atoms with van der Waals surface area (Å²) in [5.74, 6) is 0.497. The SMILES string of the molecule is CCOCCN1C(=O)C(CC(C)C)NC(=O)C12CCCC2. The lowest BCUT2D eigenvalue weighted by molar-refractivity contribution is -0.158. The number of ether oxygens (including phenoxy) is 1. The Kier molecular flexibility index (Phi) is 5.25. The first kappa shape index (κ1) is 16.3. The molecule has 1 spiro atoms. The molecule has 2 amide bonds. The molecule has 0 aromatic rings. The molecule has 2 fully saturated rings. The number of carbonyl (C=O) groups excluding carboxylic acids is 2. The van der Waals surface area contributed by atoms with E-state index in [9.17, 15) is 9.59 Å². The number of rotatable bonds is 6. The molecule has 21 heavy (non-hydrogen) atoms. The summed E-state index contributed by atoms with van der Waals surface area (Å²) in [5, 5.41) is 2.98. The van der Waals surface area contributed by atoms with E-state index in [1.165, 1.54) is 0 Å². The minimum absolute atomic E-state index is 0.0433. The fourth-order valence-corrected chi connectivity index (χ4v) is 3.59. The second kappa shape index (κ2) is 6.77. The normalized spacial score (nSPS) is 25.0. The molecule has 2 aliphatic rings. The van der Waals surface area contributed by atoms with E-state index in [-0.39, 0.29) is 17.9 Å². The van der Waals surface area contributed by atoms with Crippen LogP contribution in [0.1, 0.15) is 52.9 Å². The van der Waals surface area contributed by atoms with Crippen molar-refractivity contribution >= 4 is 11.8 Å². The molecule has 1 saturated carbocycles. The first-order chi connectivity index (χ1) is 10.0. The smallest absolute Gasteiger partial charge is 0.246 e. The molecule has 1 saturated heterocycles. The maximum absolute atomic E-state index is 12.8. The maximum atomic E-state index is 12.8. The zero-order chi connectivity index (χ0) is 15.5. The molecule has 2 rings (SSSR count). The Labute approximate surface area is 127 Å². The van der Waals surface area contributed by atoms with Crippen molar-refractivity contribution in [1.82, 2.24) is 10.2 Å². The summed E-state index contributed by atoms with van der Waals surface area (Å²) in [7, 11) is 0. The fraction of sp³-hybridized carbons (Fsp3) is 0.875. The molecular weight excluding hydrogens is 268 g/mol. The molecule has 1 atom stereocenters. The van der Waals surface area contributed by atoms with Gasteiger partial charge in [0, 0.05) is 13.2 Å². The van der Waals surface area contributed by atoms with Crippen LogP contribution in [0.4, 0.5) is 0 Å². The van der Waals surface area contributed by atoms with Gasteiger partial charge in [-0.3, -0.25) is 9.59 Å². The Morgan fingerprint density at radius 2 is 2.00 bits per heavy atom. The highest BCUT2D eigenvalue weighted by atomic mass is 16.5. The lowest BCUT2D eigenvalue weighted by Gasteiger charge is -2.46. The largest absolute Gasteiger partial charge is 0.380 e. The Morgan fingerprint density at radius 1 is 1.33 bits per heavy atom. The van der Waals surface area contributed by atoms with Crippen LogP contribution in [0.25, 0.3) is 0 Å². The van der Waals surface area contributed by atoms with Crippen molar-refractivity contribution in [2.24, 2.45) is 5.92 Å². The third-order valence-corrected chi connectivity index (χ3v) is 4.61. The predicted octanol–water partition coefficient (Wildman–Crippen LogP) is 1.71. The van der Waals surface area contributed by atoms with Gasteiger partial charge >= 0.3 is 0 Å². The van der Waals surface area contributed by atoms with Gasteiger partial charge in [-0.2, -0.15) is 0 Å². The highest BCUT2D eigenvalue weighted by Gasteiger charge is 2.53. The Balaban J connectivity index is 2.17. The van der Waals surface area contributed by atoms with E-state index in [1.54, 1.807) is 0 Å². The highest BCUT2D eigenvalue weighted by Crippen LogP contribution is 2.38. The van der Waals surface area contributed by atoms with Gasteiger partial charge in [-0.1, -0.05) is 26.7 Å². The fourth-order valence-electron chi connectivity index (χ4n) is 3.59. The van der Waals surface area contributed by atoms with Crippen molar-refractivity contribution in [3.63, 3.8) is 0 Å². The Hall–Kier alpha value is -1.10. The van der Waals surface area contributed by atoms with Crippen molar-refractivity contribution < 1.29 is 14.3 Å². The van der Waals surface area contributed by atoms with Crippen LogP contribution in [0.5, 0.6) is 0 Å². The Morgan fingerprint density at radius 3 is 2.57 bits per heavy atom. The van der Waals surface area contributed by atoms with Crippen molar-refractivity contribution in [3.8, 4) is 0 Å². The van der Waals surface area contributed by atoms with Crippen molar-refractivity contribution in [1.29, 1.82) is 0 Å². The molecule has 0 aromatic carbocycles. The van der Waals surface area contributed by atoms with E-state index in [0.29, 0.717) is 32.1 Å². The van der Waals surface area contributed by atoms with E-state index in [0.717, 1.165) is 25.7 Å². The zero-order valence-corrected chi connectivity index (χ0v) is 13.5. The number of nitrogens with one attached hydrogen (secondary N) is 1. The van der Waals surface area contributed by atoms with Crippen LogP contribution in [-0.4, -0.2) is 48.1 Å². The molecule has 1 aliphatic heterocycles. The summed E-state index contributed by atoms with van der Waals surface area (Å²) in [6.07, 6.45) is 4.29. The average Bonchev–Trinajstić information content (AvgIpc) is 2.90. The molecule has 1 heterocycles. The van der Waals surface area contributed by atoms with Gasteiger partial charge in [-0.25, -0.2) is 0 Å². The number of nitrogens with zero attached hydrogens (tertiary/aromatic N) is 1. The van der Waals surface area contributed by atoms with Crippen molar-refractivity contribution in [2.45, 2.75) is 64.5 Å². The number of hydrogen-bond donors (Lipinski definition) is 1. The molecule has 1 aliphatic carbocycles. The summed E-state index contributed by atoms with van der Waals surface area (Å²) in [4.78, 5) is 27.3. The summed E-state index contributed by atoms with van der Waals surface area (Å²) in [6.45, 7) is 7.75. The molecular formula is C16H28N2O3. The van der Waals surface area contributed by atoms with Gasteiger partial charge in [-0.15, -0.1) is 0 Å². The van der Waals surface area contributed by atoms with Crippen LogP contribution in [-0.2, 0) is 14.3 Å². The molecule has 0 bridgehead atoms. The number of carbonyl (C=O) groups is 2. The van der Waals surface area contributed by atoms with Crippen LogP contribution in [0.2, 0.25) is 0 Å². The summed E-state index contributed by atoms with van der Waals surface area (Å²) >= 11 is 0. The van der Waals surface area contributed by atoms with Gasteiger partial charge in [0.25, 0.3) is 0 Å². The first-order valence-electron chi connectivity index (χ1n) is 8.21. The molecule has 5 nitrogen and oxygen atoms in total. The van der Waals surface area contributed by atoms with E-state index < -0.39 is 5.54 Å². The third-order valence-electron chi connectivity index (χ3n) is 4.61. The Bertz CT molecular complexity index is 389. The minimum Gasteiger partial charge on any atom is -0.380 e. The lowest BCUT2D eigenvalue weighted by Crippen LogP contribution is -2.70. The quantitative estimate of drug-likeness (QED) is 0.759. The molecule has 0 radical (unpaired) electrons. The second-order valence-electron chi connectivity index (χ2n) is 6.58. The van der Waals surface area contributed by atoms with Crippen LogP contribution in [0.3, 0.4) is 0 Å². The minimum atomic E-state index is -0.609. The second-order valence-corrected chi connectivity index (χ2v) is 6.58. The maximum Gasteiger partial charge on any atom is 0.246 e. The average molecular weight is 296 g/mol. The molecule has 1 unspecified atom stereocenters. The van der Waals surface area contributed by atoms with Gasteiger partial charge < -0.3 is 15.0 Å². The van der Waals surface area contributed by atoms with Crippen molar-refractivity contribution in [2.75, 3.05) is 19.8 Å². The number of amides is 2. The molecule has 5 heteroatoms. The topological polar surface area (TPSA) is 58.6 Å². The summed E-state index contributed by atoms with van der Waals surface area (Å²) in [6, 6.07) is -0.370. The van der Waals surface area contributed by atoms with Gasteiger partial charge in [0.2, 0.25) is 11.8 Å². The highest BCUT2D eigenvalue weighted by molar-refractivity contribution is 6.00. The van der Waals surface area contributed by atoms with Crippen LogP contribution >= 0.6 is 0 Å². The monoisotopic (exact) mass is 296 g/mol. The van der Waals surface area contributed by atoms with Gasteiger partial charge in [-0.05, 0) is 32.1 Å². The van der Waals surface area contributed by atoms with Crippen LogP contribution in [0, 0.1) is 5.92 Å². The van der Waals surface area contributed by atoms with Crippen LogP contribution < -0.4 is 5.32 Å². The number of hydrogen-bond acceptors (Lipinski definition) is 3. The van der Waals surface area contributed by atoms with Crippen LogP contribution in [0.15, 0.2) is 0 Å².